The first kappa shape index (κ1) is 14.4. The number of likely N-dealkylation sites (tertiary alicyclic amines) is 1. The smallest absolute Gasteiger partial charge is 0.145 e. The first-order valence-corrected chi connectivity index (χ1v) is 7.46. The maximum absolute atomic E-state index is 13.0. The third kappa shape index (κ3) is 3.36. The van der Waals surface area contributed by atoms with Crippen molar-refractivity contribution in [2.75, 3.05) is 18.8 Å². The summed E-state index contributed by atoms with van der Waals surface area (Å²) in [4.78, 5) is 2.34. The number of nitrogen functional groups attached to an aromatic ring is 1. The Labute approximate surface area is 128 Å². The molecular weight excluding hydrogens is 291 g/mol. The highest BCUT2D eigenvalue weighted by molar-refractivity contribution is 6.31. The van der Waals surface area contributed by atoms with E-state index in [1.54, 1.807) is 6.07 Å². The topological polar surface area (TPSA) is 47.1 Å². The third-order valence-electron chi connectivity index (χ3n) is 3.97. The Morgan fingerprint density at radius 3 is 2.67 bits per heavy atom. The normalized spacial score (nSPS) is 17.2. The van der Waals surface area contributed by atoms with Crippen LogP contribution in [0.25, 0.3) is 0 Å². The number of nitrogens with two attached hydrogens (primary N) is 1. The first-order chi connectivity index (χ1) is 10.1. The molecule has 1 fully saturated rings. The third-order valence-corrected chi connectivity index (χ3v) is 4.32. The number of piperidine rings is 1. The molecule has 1 aromatic heterocycles. The van der Waals surface area contributed by atoms with Gasteiger partial charge in [0, 0.05) is 30.9 Å². The molecule has 1 aliphatic heterocycles. The zero-order valence-electron chi connectivity index (χ0n) is 11.7. The van der Waals surface area contributed by atoms with Crippen LogP contribution in [-0.4, -0.2) is 27.8 Å². The Balaban J connectivity index is 1.58. The molecule has 0 saturated carbocycles. The number of rotatable bonds is 3. The minimum absolute atomic E-state index is 0.293. The standard InChI is InChI=1S/C15H18ClFN4/c16-14-9-12(17)2-1-11(14)10-20-6-3-13(4-7-20)21-8-5-15(18)19-21/h1-2,5,8-9,13H,3-4,6-7,10H2,(H2,18,19). The van der Waals surface area contributed by atoms with Gasteiger partial charge in [0.2, 0.25) is 0 Å². The molecule has 2 heterocycles. The number of anilines is 1. The van der Waals surface area contributed by atoms with E-state index in [-0.39, 0.29) is 5.82 Å². The number of benzene rings is 1. The summed E-state index contributed by atoms with van der Waals surface area (Å²) in [6.45, 7) is 2.70. The van der Waals surface area contributed by atoms with E-state index in [1.807, 2.05) is 16.9 Å². The van der Waals surface area contributed by atoms with Crippen molar-refractivity contribution in [2.45, 2.75) is 25.4 Å². The fraction of sp³-hybridized carbons (Fsp3) is 0.400. The highest BCUT2D eigenvalue weighted by Crippen LogP contribution is 2.25. The van der Waals surface area contributed by atoms with Gasteiger partial charge < -0.3 is 5.73 Å². The summed E-state index contributed by atoms with van der Waals surface area (Å²) in [5.74, 6) is 0.272. The molecule has 1 aromatic carbocycles. The fourth-order valence-electron chi connectivity index (χ4n) is 2.79. The molecule has 21 heavy (non-hydrogen) atoms. The Hall–Kier alpha value is -1.59. The van der Waals surface area contributed by atoms with Crippen LogP contribution in [0.1, 0.15) is 24.4 Å². The fourth-order valence-corrected chi connectivity index (χ4v) is 3.02. The summed E-state index contributed by atoms with van der Waals surface area (Å²) in [5.41, 5.74) is 6.63. The summed E-state index contributed by atoms with van der Waals surface area (Å²) in [7, 11) is 0. The molecule has 0 aliphatic carbocycles. The zero-order valence-corrected chi connectivity index (χ0v) is 12.4. The van der Waals surface area contributed by atoms with Gasteiger partial charge in [-0.2, -0.15) is 5.10 Å². The van der Waals surface area contributed by atoms with Gasteiger partial charge in [0.25, 0.3) is 0 Å². The molecule has 2 aromatic rings. The minimum atomic E-state index is -0.293. The summed E-state index contributed by atoms with van der Waals surface area (Å²) < 4.78 is 15.0. The lowest BCUT2D eigenvalue weighted by atomic mass is 10.0. The van der Waals surface area contributed by atoms with Crippen molar-refractivity contribution in [1.29, 1.82) is 0 Å². The zero-order chi connectivity index (χ0) is 14.8. The Kier molecular flexibility index (Phi) is 4.12. The quantitative estimate of drug-likeness (QED) is 0.948. The Bertz CT molecular complexity index is 620. The second-order valence-corrected chi connectivity index (χ2v) is 5.87. The molecule has 2 N–H and O–H groups in total. The molecule has 6 heteroatoms. The summed E-state index contributed by atoms with van der Waals surface area (Å²) >= 11 is 6.08. The largest absolute Gasteiger partial charge is 0.382 e. The van der Waals surface area contributed by atoms with Crippen LogP contribution < -0.4 is 5.73 Å². The second kappa shape index (κ2) is 6.03. The predicted octanol–water partition coefficient (Wildman–Crippen LogP) is 3.09. The van der Waals surface area contributed by atoms with Gasteiger partial charge in [-0.15, -0.1) is 0 Å². The van der Waals surface area contributed by atoms with Crippen LogP contribution in [0.2, 0.25) is 5.02 Å². The average Bonchev–Trinajstić information content (AvgIpc) is 2.89. The van der Waals surface area contributed by atoms with Gasteiger partial charge in [0.15, 0.2) is 0 Å². The lowest BCUT2D eigenvalue weighted by Gasteiger charge is -2.32. The van der Waals surface area contributed by atoms with Crippen molar-refractivity contribution in [3.63, 3.8) is 0 Å². The van der Waals surface area contributed by atoms with Crippen LogP contribution in [0, 0.1) is 5.82 Å². The molecule has 0 amide bonds. The number of nitrogens with zero attached hydrogens (tertiary/aromatic N) is 3. The van der Waals surface area contributed by atoms with Crippen LogP contribution in [0.5, 0.6) is 0 Å². The van der Waals surface area contributed by atoms with Crippen LogP contribution in [0.3, 0.4) is 0 Å². The monoisotopic (exact) mass is 308 g/mol. The van der Waals surface area contributed by atoms with Crippen molar-refractivity contribution < 1.29 is 4.39 Å². The molecule has 0 atom stereocenters. The van der Waals surface area contributed by atoms with Crippen molar-refractivity contribution in [1.82, 2.24) is 14.7 Å². The summed E-state index contributed by atoms with van der Waals surface area (Å²) in [5, 5.41) is 4.78. The van der Waals surface area contributed by atoms with Gasteiger partial charge in [-0.05, 0) is 36.6 Å². The molecule has 1 aliphatic rings. The average molecular weight is 309 g/mol. The SMILES string of the molecule is Nc1ccn(C2CCN(Cc3ccc(F)cc3Cl)CC2)n1. The number of hydrogen-bond acceptors (Lipinski definition) is 3. The highest BCUT2D eigenvalue weighted by atomic mass is 35.5. The Morgan fingerprint density at radius 2 is 2.05 bits per heavy atom. The highest BCUT2D eigenvalue weighted by Gasteiger charge is 2.21. The molecule has 0 bridgehead atoms. The van der Waals surface area contributed by atoms with E-state index in [1.165, 1.54) is 12.1 Å². The number of hydrogen-bond donors (Lipinski definition) is 1. The lowest BCUT2D eigenvalue weighted by molar-refractivity contribution is 0.173. The molecule has 112 valence electrons. The van der Waals surface area contributed by atoms with Gasteiger partial charge in [-0.25, -0.2) is 4.39 Å². The van der Waals surface area contributed by atoms with Crippen molar-refractivity contribution in [2.24, 2.45) is 0 Å². The van der Waals surface area contributed by atoms with E-state index in [9.17, 15) is 4.39 Å². The molecule has 4 nitrogen and oxygen atoms in total. The van der Waals surface area contributed by atoms with E-state index < -0.39 is 0 Å². The molecular formula is C15H18ClFN4. The van der Waals surface area contributed by atoms with Crippen LogP contribution in [-0.2, 0) is 6.54 Å². The van der Waals surface area contributed by atoms with E-state index in [2.05, 4.69) is 10.00 Å². The number of aromatic nitrogens is 2. The molecule has 0 unspecified atom stereocenters. The molecule has 0 radical (unpaired) electrons. The van der Waals surface area contributed by atoms with Gasteiger partial charge in [-0.1, -0.05) is 17.7 Å². The van der Waals surface area contributed by atoms with Crippen LogP contribution in [0.15, 0.2) is 30.5 Å². The van der Waals surface area contributed by atoms with Gasteiger partial charge in [0.1, 0.15) is 11.6 Å². The van der Waals surface area contributed by atoms with Crippen molar-refractivity contribution >= 4 is 17.4 Å². The summed E-state index contributed by atoms with van der Waals surface area (Å²) in [6.07, 6.45) is 3.99. The lowest BCUT2D eigenvalue weighted by Crippen LogP contribution is -2.34. The maximum atomic E-state index is 13.0. The van der Waals surface area contributed by atoms with E-state index in [0.717, 1.165) is 38.0 Å². The molecule has 3 rings (SSSR count). The van der Waals surface area contributed by atoms with Crippen LogP contribution >= 0.6 is 11.6 Å². The maximum Gasteiger partial charge on any atom is 0.145 e. The first-order valence-electron chi connectivity index (χ1n) is 7.09. The van der Waals surface area contributed by atoms with Crippen molar-refractivity contribution in [3.8, 4) is 0 Å². The summed E-state index contributed by atoms with van der Waals surface area (Å²) in [6, 6.07) is 6.82. The molecule has 0 spiro atoms. The van der Waals surface area contributed by atoms with E-state index in [4.69, 9.17) is 17.3 Å². The van der Waals surface area contributed by atoms with Crippen molar-refractivity contribution in [3.05, 3.63) is 46.9 Å². The van der Waals surface area contributed by atoms with Gasteiger partial charge >= 0.3 is 0 Å². The molecule has 1 saturated heterocycles. The van der Waals surface area contributed by atoms with E-state index in [0.29, 0.717) is 16.9 Å². The minimum Gasteiger partial charge on any atom is -0.382 e. The Morgan fingerprint density at radius 1 is 1.29 bits per heavy atom. The predicted molar refractivity (Wildman–Crippen MR) is 81.6 cm³/mol. The van der Waals surface area contributed by atoms with Gasteiger partial charge in [-0.3, -0.25) is 9.58 Å². The second-order valence-electron chi connectivity index (χ2n) is 5.46. The van der Waals surface area contributed by atoms with Crippen LogP contribution in [0.4, 0.5) is 10.2 Å². The van der Waals surface area contributed by atoms with Gasteiger partial charge in [0.05, 0.1) is 6.04 Å². The van der Waals surface area contributed by atoms with E-state index >= 15 is 0 Å². The number of halogens is 2.